The van der Waals surface area contributed by atoms with Crippen LogP contribution in [0.1, 0.15) is 19.8 Å². The van der Waals surface area contributed by atoms with E-state index in [2.05, 4.69) is 22.0 Å². The first-order valence-corrected chi connectivity index (χ1v) is 5.56. The van der Waals surface area contributed by atoms with Crippen molar-refractivity contribution in [2.24, 2.45) is 0 Å². The topological polar surface area (TPSA) is 78.8 Å². The summed E-state index contributed by atoms with van der Waals surface area (Å²) < 4.78 is 7.06. The SMILES string of the molecule is CCCCOc1nc(-n2cccn2)ncc1N. The Hall–Kier alpha value is -2.11. The van der Waals surface area contributed by atoms with Crippen LogP contribution in [0.5, 0.6) is 5.88 Å². The molecule has 0 radical (unpaired) electrons. The molecule has 0 aliphatic rings. The third-order valence-electron chi connectivity index (χ3n) is 2.21. The van der Waals surface area contributed by atoms with Gasteiger partial charge in [0.05, 0.1) is 12.8 Å². The van der Waals surface area contributed by atoms with E-state index in [1.54, 1.807) is 23.1 Å². The van der Waals surface area contributed by atoms with E-state index in [9.17, 15) is 0 Å². The van der Waals surface area contributed by atoms with Crippen molar-refractivity contribution < 1.29 is 4.74 Å². The molecule has 0 saturated heterocycles. The van der Waals surface area contributed by atoms with Gasteiger partial charge in [0.15, 0.2) is 0 Å². The molecule has 0 unspecified atom stereocenters. The van der Waals surface area contributed by atoms with Crippen molar-refractivity contribution in [2.75, 3.05) is 12.3 Å². The van der Waals surface area contributed by atoms with Gasteiger partial charge in [0, 0.05) is 12.4 Å². The summed E-state index contributed by atoms with van der Waals surface area (Å²) in [7, 11) is 0. The molecule has 0 aromatic carbocycles. The molecule has 0 fully saturated rings. The minimum Gasteiger partial charge on any atom is -0.476 e. The molecular weight excluding hydrogens is 218 g/mol. The first-order chi connectivity index (χ1) is 8.31. The van der Waals surface area contributed by atoms with E-state index in [0.29, 0.717) is 24.1 Å². The van der Waals surface area contributed by atoms with Gasteiger partial charge in [0.25, 0.3) is 5.95 Å². The maximum Gasteiger partial charge on any atom is 0.253 e. The van der Waals surface area contributed by atoms with Crippen LogP contribution in [0.25, 0.3) is 5.95 Å². The van der Waals surface area contributed by atoms with E-state index in [0.717, 1.165) is 12.8 Å². The average Bonchev–Trinajstić information content (AvgIpc) is 2.85. The molecule has 0 amide bonds. The lowest BCUT2D eigenvalue weighted by Gasteiger charge is -2.08. The van der Waals surface area contributed by atoms with Crippen LogP contribution in [0.4, 0.5) is 5.69 Å². The summed E-state index contributed by atoms with van der Waals surface area (Å²) in [4.78, 5) is 8.32. The summed E-state index contributed by atoms with van der Waals surface area (Å²) in [6, 6.07) is 1.80. The molecular formula is C11H15N5O. The van der Waals surface area contributed by atoms with Crippen LogP contribution in [0.2, 0.25) is 0 Å². The van der Waals surface area contributed by atoms with E-state index in [4.69, 9.17) is 10.5 Å². The monoisotopic (exact) mass is 233 g/mol. The average molecular weight is 233 g/mol. The highest BCUT2D eigenvalue weighted by molar-refractivity contribution is 5.46. The van der Waals surface area contributed by atoms with Gasteiger partial charge in [0.1, 0.15) is 5.69 Å². The van der Waals surface area contributed by atoms with Crippen molar-refractivity contribution in [3.63, 3.8) is 0 Å². The van der Waals surface area contributed by atoms with Crippen LogP contribution in [0.15, 0.2) is 24.7 Å². The molecule has 2 aromatic heterocycles. The predicted molar refractivity (Wildman–Crippen MR) is 64.0 cm³/mol. The predicted octanol–water partition coefficient (Wildman–Crippen LogP) is 1.42. The van der Waals surface area contributed by atoms with Crippen LogP contribution in [0.3, 0.4) is 0 Å². The normalized spacial score (nSPS) is 10.4. The molecule has 0 bridgehead atoms. The van der Waals surface area contributed by atoms with Crippen molar-refractivity contribution in [1.29, 1.82) is 0 Å². The van der Waals surface area contributed by atoms with Gasteiger partial charge >= 0.3 is 0 Å². The van der Waals surface area contributed by atoms with Crippen LogP contribution >= 0.6 is 0 Å². The van der Waals surface area contributed by atoms with Crippen LogP contribution in [-0.4, -0.2) is 26.4 Å². The molecule has 6 heteroatoms. The Morgan fingerprint density at radius 3 is 3.06 bits per heavy atom. The number of ether oxygens (including phenoxy) is 1. The standard InChI is InChI=1S/C11H15N5O/c1-2-3-7-17-10-9(12)8-13-11(15-10)16-6-4-5-14-16/h4-6,8H,2-3,7,12H2,1H3. The number of nitrogens with two attached hydrogens (primary N) is 1. The Morgan fingerprint density at radius 2 is 2.35 bits per heavy atom. The summed E-state index contributed by atoms with van der Waals surface area (Å²) in [5.41, 5.74) is 6.19. The van der Waals surface area contributed by atoms with E-state index in [1.807, 2.05) is 0 Å². The second kappa shape index (κ2) is 5.29. The number of aromatic nitrogens is 4. The number of unbranched alkanes of at least 4 members (excludes halogenated alkanes) is 1. The van der Waals surface area contributed by atoms with Gasteiger partial charge in [-0.2, -0.15) is 10.1 Å². The Morgan fingerprint density at radius 1 is 1.47 bits per heavy atom. The number of anilines is 1. The molecule has 0 aliphatic heterocycles. The third-order valence-corrected chi connectivity index (χ3v) is 2.21. The Balaban J connectivity index is 2.18. The van der Waals surface area contributed by atoms with Crippen molar-refractivity contribution in [2.45, 2.75) is 19.8 Å². The summed E-state index contributed by atoms with van der Waals surface area (Å²) in [5, 5.41) is 4.05. The molecule has 0 saturated carbocycles. The number of rotatable bonds is 5. The highest BCUT2D eigenvalue weighted by Gasteiger charge is 2.07. The van der Waals surface area contributed by atoms with Gasteiger partial charge < -0.3 is 10.5 Å². The highest BCUT2D eigenvalue weighted by Crippen LogP contribution is 2.18. The van der Waals surface area contributed by atoms with Crippen molar-refractivity contribution >= 4 is 5.69 Å². The zero-order chi connectivity index (χ0) is 12.1. The summed E-state index contributed by atoms with van der Waals surface area (Å²) in [6.45, 7) is 2.71. The summed E-state index contributed by atoms with van der Waals surface area (Å²) >= 11 is 0. The lowest BCUT2D eigenvalue weighted by Crippen LogP contribution is -2.07. The van der Waals surface area contributed by atoms with Crippen molar-refractivity contribution in [3.8, 4) is 11.8 Å². The van der Waals surface area contributed by atoms with Gasteiger partial charge in [-0.15, -0.1) is 0 Å². The quantitative estimate of drug-likeness (QED) is 0.790. The van der Waals surface area contributed by atoms with E-state index >= 15 is 0 Å². The van der Waals surface area contributed by atoms with Gasteiger partial charge in [-0.25, -0.2) is 9.67 Å². The minimum atomic E-state index is 0.416. The largest absolute Gasteiger partial charge is 0.476 e. The third kappa shape index (κ3) is 2.72. The van der Waals surface area contributed by atoms with Gasteiger partial charge in [-0.3, -0.25) is 0 Å². The van der Waals surface area contributed by atoms with Crippen LogP contribution in [-0.2, 0) is 0 Å². The van der Waals surface area contributed by atoms with Gasteiger partial charge in [-0.1, -0.05) is 13.3 Å². The summed E-state index contributed by atoms with van der Waals surface area (Å²) in [5.74, 6) is 0.870. The van der Waals surface area contributed by atoms with E-state index in [-0.39, 0.29) is 0 Å². The number of hydrogen-bond donors (Lipinski definition) is 1. The molecule has 0 spiro atoms. The van der Waals surface area contributed by atoms with Crippen molar-refractivity contribution in [1.82, 2.24) is 19.7 Å². The van der Waals surface area contributed by atoms with E-state index in [1.165, 1.54) is 6.20 Å². The fraction of sp³-hybridized carbons (Fsp3) is 0.364. The molecule has 2 heterocycles. The number of hydrogen-bond acceptors (Lipinski definition) is 5. The second-order valence-corrected chi connectivity index (χ2v) is 3.58. The molecule has 0 aliphatic carbocycles. The fourth-order valence-corrected chi connectivity index (χ4v) is 1.29. The van der Waals surface area contributed by atoms with Crippen molar-refractivity contribution in [3.05, 3.63) is 24.7 Å². The fourth-order valence-electron chi connectivity index (χ4n) is 1.29. The molecule has 17 heavy (non-hydrogen) atoms. The molecule has 90 valence electrons. The maximum absolute atomic E-state index is 5.75. The Kier molecular flexibility index (Phi) is 3.54. The molecule has 0 atom stereocenters. The van der Waals surface area contributed by atoms with E-state index < -0.39 is 0 Å². The first kappa shape index (κ1) is 11.4. The lowest BCUT2D eigenvalue weighted by molar-refractivity contribution is 0.298. The smallest absolute Gasteiger partial charge is 0.253 e. The van der Waals surface area contributed by atoms with Crippen LogP contribution < -0.4 is 10.5 Å². The number of nitrogen functional groups attached to an aromatic ring is 1. The summed E-state index contributed by atoms with van der Waals surface area (Å²) in [6.07, 6.45) is 7.00. The minimum absolute atomic E-state index is 0.416. The maximum atomic E-state index is 5.75. The lowest BCUT2D eigenvalue weighted by atomic mass is 10.4. The zero-order valence-corrected chi connectivity index (χ0v) is 9.71. The van der Waals surface area contributed by atoms with Gasteiger partial charge in [-0.05, 0) is 12.5 Å². The Labute approximate surface area is 99.4 Å². The molecule has 2 N–H and O–H groups in total. The van der Waals surface area contributed by atoms with Gasteiger partial charge in [0.2, 0.25) is 5.88 Å². The number of nitrogens with zero attached hydrogens (tertiary/aromatic N) is 4. The first-order valence-electron chi connectivity index (χ1n) is 5.56. The molecule has 6 nitrogen and oxygen atoms in total. The molecule has 2 aromatic rings. The highest BCUT2D eigenvalue weighted by atomic mass is 16.5. The van der Waals surface area contributed by atoms with Crippen LogP contribution in [0, 0.1) is 0 Å². The Bertz CT molecular complexity index is 469. The zero-order valence-electron chi connectivity index (χ0n) is 9.71. The second-order valence-electron chi connectivity index (χ2n) is 3.58. The molecule has 2 rings (SSSR count).